The van der Waals surface area contributed by atoms with Gasteiger partial charge in [0, 0.05) is 6.54 Å². The van der Waals surface area contributed by atoms with Gasteiger partial charge in [0.1, 0.15) is 31.0 Å². The van der Waals surface area contributed by atoms with Crippen LogP contribution >= 0.6 is 0 Å². The van der Waals surface area contributed by atoms with E-state index in [9.17, 15) is 25.2 Å². The van der Waals surface area contributed by atoms with E-state index in [4.69, 9.17) is 9.47 Å². The zero-order chi connectivity index (χ0) is 17.2. The predicted octanol–water partition coefficient (Wildman–Crippen LogP) is -1.11. The smallest absolute Gasteiger partial charge is 0.245 e. The summed E-state index contributed by atoms with van der Waals surface area (Å²) in [6.07, 6.45) is -1.55. The topological polar surface area (TPSA) is 128 Å². The molecule has 5 N–H and O–H groups in total. The highest BCUT2D eigenvalue weighted by atomic mass is 16.6. The molecule has 8 heteroatoms. The second-order valence-electron chi connectivity index (χ2n) is 5.82. The Balaban J connectivity index is 2.12. The van der Waals surface area contributed by atoms with E-state index in [1.807, 2.05) is 0 Å². The van der Waals surface area contributed by atoms with Crippen molar-refractivity contribution in [1.82, 2.24) is 5.32 Å². The summed E-state index contributed by atoms with van der Waals surface area (Å²) in [6.45, 7) is 2.37. The second-order valence-corrected chi connectivity index (χ2v) is 5.82. The molecule has 23 heavy (non-hydrogen) atoms. The minimum absolute atomic E-state index is 0.175. The van der Waals surface area contributed by atoms with Crippen molar-refractivity contribution in [3.05, 3.63) is 0 Å². The first kappa shape index (κ1) is 20.3. The number of ether oxygens (including phenoxy) is 2. The molecule has 0 saturated carbocycles. The number of aliphatic hydroxyl groups excluding tert-OH is 4. The van der Waals surface area contributed by atoms with E-state index in [2.05, 4.69) is 12.2 Å². The molecule has 1 rings (SSSR count). The molecule has 1 aliphatic heterocycles. The van der Waals surface area contributed by atoms with Gasteiger partial charge in [0.2, 0.25) is 5.91 Å². The fraction of sp³-hybridized carbons (Fsp3) is 0.933. The third-order valence-corrected chi connectivity index (χ3v) is 3.80. The first-order valence-electron chi connectivity index (χ1n) is 8.19. The van der Waals surface area contributed by atoms with Crippen LogP contribution in [0.4, 0.5) is 0 Å². The molecule has 0 aromatic rings. The minimum atomic E-state index is -1.60. The molecule has 0 spiro atoms. The molecule has 1 fully saturated rings. The quantitative estimate of drug-likeness (QED) is 0.320. The van der Waals surface area contributed by atoms with Crippen LogP contribution in [0.1, 0.15) is 39.0 Å². The highest BCUT2D eigenvalue weighted by molar-refractivity contribution is 5.77. The van der Waals surface area contributed by atoms with E-state index >= 15 is 0 Å². The van der Waals surface area contributed by atoms with E-state index < -0.39 is 30.7 Å². The maximum atomic E-state index is 11.6. The number of amides is 1. The normalized spacial score (nSPS) is 31.1. The highest BCUT2D eigenvalue weighted by Crippen LogP contribution is 2.19. The largest absolute Gasteiger partial charge is 0.387 e. The van der Waals surface area contributed by atoms with Crippen molar-refractivity contribution in [2.24, 2.45) is 0 Å². The van der Waals surface area contributed by atoms with Crippen LogP contribution in [0.15, 0.2) is 0 Å². The number of hydrogen-bond acceptors (Lipinski definition) is 7. The van der Waals surface area contributed by atoms with Crippen LogP contribution in [0.3, 0.4) is 0 Å². The lowest BCUT2D eigenvalue weighted by atomic mass is 9.99. The Hall–Kier alpha value is -0.770. The lowest BCUT2D eigenvalue weighted by molar-refractivity contribution is -0.288. The Labute approximate surface area is 136 Å². The summed E-state index contributed by atoms with van der Waals surface area (Å²) in [7, 11) is 0. The van der Waals surface area contributed by atoms with Crippen molar-refractivity contribution in [2.45, 2.75) is 69.7 Å². The lowest BCUT2D eigenvalue weighted by Crippen LogP contribution is -2.58. The van der Waals surface area contributed by atoms with E-state index in [0.29, 0.717) is 6.54 Å². The standard InChI is InChI=1S/C15H29NO7/c1-2-3-4-5-6-7-16-11(17)9-22-8-10-12(18)13(19)14(20)15(21)23-10/h10,12-15,18-21H,2-9H2,1H3,(H,16,17)/t10-,12-,13+,14-,15+/m1/s1. The number of nitrogens with one attached hydrogen (secondary N) is 1. The van der Waals surface area contributed by atoms with Gasteiger partial charge >= 0.3 is 0 Å². The molecular weight excluding hydrogens is 306 g/mol. The molecule has 0 unspecified atom stereocenters. The van der Waals surface area contributed by atoms with Gasteiger partial charge in [0.05, 0.1) is 6.61 Å². The van der Waals surface area contributed by atoms with Crippen molar-refractivity contribution < 1.29 is 34.7 Å². The summed E-state index contributed by atoms with van der Waals surface area (Å²) in [5.41, 5.74) is 0. The maximum absolute atomic E-state index is 11.6. The van der Waals surface area contributed by atoms with E-state index in [0.717, 1.165) is 19.3 Å². The van der Waals surface area contributed by atoms with Gasteiger partial charge in [-0.1, -0.05) is 32.6 Å². The number of rotatable bonds is 10. The van der Waals surface area contributed by atoms with E-state index in [1.54, 1.807) is 0 Å². The number of unbranched alkanes of at least 4 members (excludes halogenated alkanes) is 4. The summed E-state index contributed by atoms with van der Waals surface area (Å²) in [5.74, 6) is -0.271. The van der Waals surface area contributed by atoms with Crippen LogP contribution in [0, 0.1) is 0 Å². The number of aliphatic hydroxyl groups is 4. The van der Waals surface area contributed by atoms with Gasteiger partial charge in [-0.25, -0.2) is 0 Å². The van der Waals surface area contributed by atoms with Crippen molar-refractivity contribution in [3.8, 4) is 0 Å². The number of carbonyl (C=O) groups is 1. The van der Waals surface area contributed by atoms with Gasteiger partial charge in [0.15, 0.2) is 6.29 Å². The Bertz CT molecular complexity index is 342. The highest BCUT2D eigenvalue weighted by Gasteiger charge is 2.42. The molecule has 5 atom stereocenters. The van der Waals surface area contributed by atoms with Gasteiger partial charge in [-0.15, -0.1) is 0 Å². The van der Waals surface area contributed by atoms with Crippen LogP contribution in [0.2, 0.25) is 0 Å². The zero-order valence-corrected chi connectivity index (χ0v) is 13.6. The fourth-order valence-corrected chi connectivity index (χ4v) is 2.34. The molecule has 1 heterocycles. The van der Waals surface area contributed by atoms with Gasteiger partial charge in [0.25, 0.3) is 0 Å². The SMILES string of the molecule is CCCCCCCNC(=O)COC[C@H]1O[C@H](O)[C@H](O)[C@@H](O)[C@@H]1O. The third kappa shape index (κ3) is 7.11. The lowest BCUT2D eigenvalue weighted by Gasteiger charge is -2.38. The molecule has 1 saturated heterocycles. The first-order valence-corrected chi connectivity index (χ1v) is 8.19. The van der Waals surface area contributed by atoms with Crippen molar-refractivity contribution in [3.63, 3.8) is 0 Å². The zero-order valence-electron chi connectivity index (χ0n) is 13.6. The summed E-state index contributed by atoms with van der Waals surface area (Å²) >= 11 is 0. The van der Waals surface area contributed by atoms with Crippen molar-refractivity contribution >= 4 is 5.91 Å². The molecule has 0 bridgehead atoms. The fourth-order valence-electron chi connectivity index (χ4n) is 2.34. The van der Waals surface area contributed by atoms with Crippen LogP contribution in [0.5, 0.6) is 0 Å². The van der Waals surface area contributed by atoms with Gasteiger partial charge in [-0.2, -0.15) is 0 Å². The Kier molecular flexibility index (Phi) is 9.61. The molecule has 0 aromatic carbocycles. The summed E-state index contributed by atoms with van der Waals surface area (Å²) in [4.78, 5) is 11.6. The summed E-state index contributed by atoms with van der Waals surface area (Å²) in [6, 6.07) is 0. The van der Waals surface area contributed by atoms with Crippen LogP contribution < -0.4 is 5.32 Å². The predicted molar refractivity (Wildman–Crippen MR) is 81.5 cm³/mol. The van der Waals surface area contributed by atoms with Gasteiger partial charge in [-0.05, 0) is 6.42 Å². The Morgan fingerprint density at radius 3 is 2.43 bits per heavy atom. The van der Waals surface area contributed by atoms with Crippen molar-refractivity contribution in [1.29, 1.82) is 0 Å². The van der Waals surface area contributed by atoms with Crippen LogP contribution in [-0.2, 0) is 14.3 Å². The molecule has 1 aliphatic rings. The summed E-state index contributed by atoms with van der Waals surface area (Å²) < 4.78 is 10.1. The van der Waals surface area contributed by atoms with Gasteiger partial charge < -0.3 is 35.2 Å². The Morgan fingerprint density at radius 2 is 1.74 bits per heavy atom. The van der Waals surface area contributed by atoms with E-state index in [1.165, 1.54) is 12.8 Å². The molecule has 136 valence electrons. The molecule has 0 aromatic heterocycles. The van der Waals surface area contributed by atoms with Gasteiger partial charge in [-0.3, -0.25) is 4.79 Å². The summed E-state index contributed by atoms with van der Waals surface area (Å²) in [5, 5.41) is 40.7. The molecule has 0 aliphatic carbocycles. The molecule has 0 radical (unpaired) electrons. The minimum Gasteiger partial charge on any atom is -0.387 e. The van der Waals surface area contributed by atoms with E-state index in [-0.39, 0.29) is 19.1 Å². The van der Waals surface area contributed by atoms with Crippen LogP contribution in [-0.4, -0.2) is 76.8 Å². The number of carbonyl (C=O) groups excluding carboxylic acids is 1. The molecule has 8 nitrogen and oxygen atoms in total. The average Bonchev–Trinajstić information content (AvgIpc) is 2.53. The number of hydrogen-bond donors (Lipinski definition) is 5. The first-order chi connectivity index (χ1) is 11.0. The average molecular weight is 335 g/mol. The van der Waals surface area contributed by atoms with Crippen molar-refractivity contribution in [2.75, 3.05) is 19.8 Å². The maximum Gasteiger partial charge on any atom is 0.245 e. The molecular formula is C15H29NO7. The third-order valence-electron chi connectivity index (χ3n) is 3.80. The Morgan fingerprint density at radius 1 is 1.04 bits per heavy atom. The monoisotopic (exact) mass is 335 g/mol. The second kappa shape index (κ2) is 10.9. The van der Waals surface area contributed by atoms with Crippen LogP contribution in [0.25, 0.3) is 0 Å². The molecule has 1 amide bonds.